The fourth-order valence-corrected chi connectivity index (χ4v) is 1.60. The first-order valence-electron chi connectivity index (χ1n) is 5.60. The predicted molar refractivity (Wildman–Crippen MR) is 59.9 cm³/mol. The fraction of sp³-hybridized carbons (Fsp3) is 0.909. The van der Waals surface area contributed by atoms with E-state index in [2.05, 4.69) is 17.6 Å². The summed E-state index contributed by atoms with van der Waals surface area (Å²) in [6.45, 7) is 8.60. The number of hydrogen-bond donors (Lipinski definition) is 2. The predicted octanol–water partition coefficient (Wildman–Crippen LogP) is 1.65. The van der Waals surface area contributed by atoms with Crippen LogP contribution in [0.4, 0.5) is 4.79 Å². The molecule has 0 saturated carbocycles. The van der Waals surface area contributed by atoms with Crippen LogP contribution < -0.4 is 10.6 Å². The van der Waals surface area contributed by atoms with Crippen LogP contribution in [-0.2, 0) is 4.74 Å². The molecular weight excluding hydrogens is 192 g/mol. The summed E-state index contributed by atoms with van der Waals surface area (Å²) in [4.78, 5) is 11.4. The Morgan fingerprint density at radius 3 is 2.53 bits per heavy atom. The molecule has 2 N–H and O–H groups in total. The molecule has 1 saturated heterocycles. The van der Waals surface area contributed by atoms with Gasteiger partial charge in [-0.3, -0.25) is 0 Å². The number of nitrogens with one attached hydrogen (secondary N) is 2. The van der Waals surface area contributed by atoms with E-state index in [1.165, 1.54) is 0 Å². The second kappa shape index (κ2) is 4.84. The van der Waals surface area contributed by atoms with E-state index in [9.17, 15) is 4.79 Å². The average molecular weight is 214 g/mol. The summed E-state index contributed by atoms with van der Waals surface area (Å²) in [6, 6.07) is 0.762. The summed E-state index contributed by atoms with van der Waals surface area (Å²) < 4.78 is 5.19. The third kappa shape index (κ3) is 5.02. The van der Waals surface area contributed by atoms with E-state index in [-0.39, 0.29) is 12.1 Å². The highest BCUT2D eigenvalue weighted by Crippen LogP contribution is 2.10. The third-order valence-corrected chi connectivity index (χ3v) is 2.38. The lowest BCUT2D eigenvalue weighted by molar-refractivity contribution is 0.0494. The smallest absolute Gasteiger partial charge is 0.407 e. The van der Waals surface area contributed by atoms with Gasteiger partial charge in [-0.05, 0) is 40.5 Å². The lowest BCUT2D eigenvalue weighted by atomic mass is 10.0. The van der Waals surface area contributed by atoms with Gasteiger partial charge in [0.15, 0.2) is 0 Å². The molecule has 88 valence electrons. The van der Waals surface area contributed by atoms with Gasteiger partial charge in [-0.15, -0.1) is 0 Å². The topological polar surface area (TPSA) is 50.4 Å². The highest BCUT2D eigenvalue weighted by atomic mass is 16.6. The van der Waals surface area contributed by atoms with Crippen LogP contribution in [0.15, 0.2) is 0 Å². The van der Waals surface area contributed by atoms with Gasteiger partial charge in [-0.1, -0.05) is 0 Å². The first-order chi connectivity index (χ1) is 6.87. The van der Waals surface area contributed by atoms with E-state index in [0.717, 1.165) is 19.4 Å². The number of hydrogen-bond acceptors (Lipinski definition) is 3. The maximum Gasteiger partial charge on any atom is 0.407 e. The maximum absolute atomic E-state index is 11.4. The van der Waals surface area contributed by atoms with Gasteiger partial charge in [-0.25, -0.2) is 4.79 Å². The lowest BCUT2D eigenvalue weighted by Gasteiger charge is -2.29. The number of rotatable bonds is 1. The molecule has 0 aromatic heterocycles. The second-order valence-electron chi connectivity index (χ2n) is 5.23. The Hall–Kier alpha value is -0.770. The van der Waals surface area contributed by atoms with Gasteiger partial charge in [0.25, 0.3) is 0 Å². The van der Waals surface area contributed by atoms with Crippen molar-refractivity contribution < 1.29 is 9.53 Å². The van der Waals surface area contributed by atoms with Gasteiger partial charge in [-0.2, -0.15) is 0 Å². The molecule has 1 aliphatic rings. The van der Waals surface area contributed by atoms with Crippen LogP contribution in [0, 0.1) is 0 Å². The molecule has 1 aliphatic heterocycles. The van der Waals surface area contributed by atoms with E-state index in [1.54, 1.807) is 0 Å². The third-order valence-electron chi connectivity index (χ3n) is 2.38. The van der Waals surface area contributed by atoms with Crippen LogP contribution in [0.5, 0.6) is 0 Å². The number of ether oxygens (including phenoxy) is 1. The number of carbonyl (C=O) groups is 1. The summed E-state index contributed by atoms with van der Waals surface area (Å²) >= 11 is 0. The standard InChI is InChI=1S/C11H22N2O2/c1-8-5-6-9(7-12-8)13-10(14)15-11(2,3)4/h8-9,12H,5-7H2,1-4H3,(H,13,14)/t8-,9+/m1/s1. The number of piperidine rings is 1. The van der Waals surface area contributed by atoms with Gasteiger partial charge in [0.1, 0.15) is 5.60 Å². The van der Waals surface area contributed by atoms with Crippen LogP contribution >= 0.6 is 0 Å². The van der Waals surface area contributed by atoms with Crippen molar-refractivity contribution >= 4 is 6.09 Å². The quantitative estimate of drug-likeness (QED) is 0.698. The van der Waals surface area contributed by atoms with Crippen LogP contribution in [0.3, 0.4) is 0 Å². The molecule has 1 heterocycles. The molecule has 0 aromatic rings. The number of alkyl carbamates (subject to hydrolysis) is 1. The summed E-state index contributed by atoms with van der Waals surface area (Å²) in [5, 5.41) is 6.20. The molecule has 0 spiro atoms. The Balaban J connectivity index is 2.27. The van der Waals surface area contributed by atoms with E-state index in [1.807, 2.05) is 20.8 Å². The zero-order valence-electron chi connectivity index (χ0n) is 10.1. The zero-order chi connectivity index (χ0) is 11.5. The Bertz CT molecular complexity index is 215. The first-order valence-corrected chi connectivity index (χ1v) is 5.60. The minimum atomic E-state index is -0.417. The minimum Gasteiger partial charge on any atom is -0.444 e. The van der Waals surface area contributed by atoms with Crippen LogP contribution in [0.25, 0.3) is 0 Å². The molecule has 0 aliphatic carbocycles. The van der Waals surface area contributed by atoms with Gasteiger partial charge in [0.05, 0.1) is 0 Å². The Morgan fingerprint density at radius 1 is 1.40 bits per heavy atom. The first kappa shape index (κ1) is 12.3. The largest absolute Gasteiger partial charge is 0.444 e. The Kier molecular flexibility index (Phi) is 3.97. The van der Waals surface area contributed by atoms with Crippen molar-refractivity contribution in [2.45, 2.75) is 58.2 Å². The van der Waals surface area contributed by atoms with Crippen LogP contribution in [-0.4, -0.2) is 30.3 Å². The highest BCUT2D eigenvalue weighted by Gasteiger charge is 2.22. The average Bonchev–Trinajstić information content (AvgIpc) is 2.05. The van der Waals surface area contributed by atoms with E-state index >= 15 is 0 Å². The Morgan fingerprint density at radius 2 is 2.07 bits per heavy atom. The molecule has 4 heteroatoms. The van der Waals surface area contributed by atoms with Crippen molar-refractivity contribution in [2.75, 3.05) is 6.54 Å². The van der Waals surface area contributed by atoms with Crippen molar-refractivity contribution in [1.29, 1.82) is 0 Å². The van der Waals surface area contributed by atoms with E-state index in [4.69, 9.17) is 4.74 Å². The number of amides is 1. The van der Waals surface area contributed by atoms with Gasteiger partial charge in [0.2, 0.25) is 0 Å². The summed E-state index contributed by atoms with van der Waals surface area (Å²) in [5.74, 6) is 0. The Labute approximate surface area is 91.8 Å². The molecule has 0 bridgehead atoms. The molecule has 0 unspecified atom stereocenters. The molecule has 0 radical (unpaired) electrons. The highest BCUT2D eigenvalue weighted by molar-refractivity contribution is 5.68. The van der Waals surface area contributed by atoms with Gasteiger partial charge >= 0.3 is 6.09 Å². The molecule has 15 heavy (non-hydrogen) atoms. The zero-order valence-corrected chi connectivity index (χ0v) is 10.1. The van der Waals surface area contributed by atoms with Crippen molar-refractivity contribution in [3.8, 4) is 0 Å². The van der Waals surface area contributed by atoms with Crippen molar-refractivity contribution in [2.24, 2.45) is 0 Å². The SMILES string of the molecule is C[C@@H]1CC[C@H](NC(=O)OC(C)(C)C)CN1. The van der Waals surface area contributed by atoms with Crippen molar-refractivity contribution in [3.05, 3.63) is 0 Å². The maximum atomic E-state index is 11.4. The molecule has 0 aromatic carbocycles. The van der Waals surface area contributed by atoms with Crippen molar-refractivity contribution in [3.63, 3.8) is 0 Å². The van der Waals surface area contributed by atoms with E-state index in [0.29, 0.717) is 6.04 Å². The monoisotopic (exact) mass is 214 g/mol. The fourth-order valence-electron chi connectivity index (χ4n) is 1.60. The van der Waals surface area contributed by atoms with Gasteiger partial charge in [0, 0.05) is 18.6 Å². The van der Waals surface area contributed by atoms with E-state index < -0.39 is 5.60 Å². The lowest BCUT2D eigenvalue weighted by Crippen LogP contribution is -2.49. The molecule has 1 fully saturated rings. The van der Waals surface area contributed by atoms with Crippen LogP contribution in [0.2, 0.25) is 0 Å². The normalized spacial score (nSPS) is 27.2. The van der Waals surface area contributed by atoms with Crippen LogP contribution in [0.1, 0.15) is 40.5 Å². The van der Waals surface area contributed by atoms with Gasteiger partial charge < -0.3 is 15.4 Å². The molecule has 2 atom stereocenters. The summed E-state index contributed by atoms with van der Waals surface area (Å²) in [7, 11) is 0. The molecule has 1 amide bonds. The minimum absolute atomic E-state index is 0.205. The summed E-state index contributed by atoms with van der Waals surface area (Å²) in [6.07, 6.45) is 1.80. The number of carbonyl (C=O) groups excluding carboxylic acids is 1. The molecule has 4 nitrogen and oxygen atoms in total. The molecular formula is C11H22N2O2. The second-order valence-corrected chi connectivity index (χ2v) is 5.23. The van der Waals surface area contributed by atoms with Crippen molar-refractivity contribution in [1.82, 2.24) is 10.6 Å². The summed E-state index contributed by atoms with van der Waals surface area (Å²) in [5.41, 5.74) is -0.417. The molecule has 1 rings (SSSR count).